The van der Waals surface area contributed by atoms with Crippen molar-refractivity contribution in [1.29, 1.82) is 0 Å². The number of rotatable bonds is 3. The normalized spacial score (nSPS) is 30.6. The number of hydrogen-bond acceptors (Lipinski definition) is 3. The van der Waals surface area contributed by atoms with Gasteiger partial charge < -0.3 is 15.3 Å². The van der Waals surface area contributed by atoms with Crippen LogP contribution < -0.4 is 10.2 Å². The molecule has 2 aliphatic heterocycles. The highest BCUT2D eigenvalue weighted by molar-refractivity contribution is 6.31. The van der Waals surface area contributed by atoms with Crippen molar-refractivity contribution in [3.8, 4) is 0 Å². The van der Waals surface area contributed by atoms with E-state index < -0.39 is 0 Å². The summed E-state index contributed by atoms with van der Waals surface area (Å²) in [6, 6.07) is 7.62. The molecule has 1 aromatic rings. The maximum atomic E-state index is 9.90. The zero-order chi connectivity index (χ0) is 14.3. The van der Waals surface area contributed by atoms with E-state index in [-0.39, 0.29) is 12.1 Å². The summed E-state index contributed by atoms with van der Waals surface area (Å²) in [5.74, 6) is 0. The fourth-order valence-corrected chi connectivity index (χ4v) is 4.09. The molecule has 0 saturated carbocycles. The van der Waals surface area contributed by atoms with Crippen LogP contribution in [-0.4, -0.2) is 30.3 Å². The molecule has 2 fully saturated rings. The zero-order valence-electron chi connectivity index (χ0n) is 12.1. The number of fused-ring (bicyclic) bond motifs is 2. The molecule has 0 aliphatic carbocycles. The van der Waals surface area contributed by atoms with E-state index in [1.807, 2.05) is 7.05 Å². The minimum absolute atomic E-state index is 0.122. The van der Waals surface area contributed by atoms with E-state index in [2.05, 4.69) is 35.3 Å². The third-order valence-electron chi connectivity index (χ3n) is 4.89. The van der Waals surface area contributed by atoms with E-state index in [0.29, 0.717) is 12.1 Å². The SMILES string of the molecule is CNC(C)c1ccc(N2C3CCC2CC(O)C3)cc1Cl. The molecule has 0 spiro atoms. The first-order valence-corrected chi connectivity index (χ1v) is 7.91. The maximum absolute atomic E-state index is 9.90. The molecule has 2 heterocycles. The zero-order valence-corrected chi connectivity index (χ0v) is 12.9. The summed E-state index contributed by atoms with van der Waals surface area (Å²) in [5, 5.41) is 14.0. The second-order valence-corrected chi connectivity index (χ2v) is 6.54. The first-order valence-electron chi connectivity index (χ1n) is 7.53. The molecule has 2 saturated heterocycles. The summed E-state index contributed by atoms with van der Waals surface area (Å²) >= 11 is 6.45. The van der Waals surface area contributed by atoms with E-state index in [9.17, 15) is 5.11 Å². The molecular formula is C16H23ClN2O. The van der Waals surface area contributed by atoms with Crippen molar-refractivity contribution in [1.82, 2.24) is 5.32 Å². The molecule has 2 aliphatic rings. The van der Waals surface area contributed by atoms with Gasteiger partial charge >= 0.3 is 0 Å². The van der Waals surface area contributed by atoms with Crippen LogP contribution in [0.2, 0.25) is 5.02 Å². The van der Waals surface area contributed by atoms with Gasteiger partial charge in [-0.05, 0) is 57.4 Å². The Balaban J connectivity index is 1.87. The van der Waals surface area contributed by atoms with Gasteiger partial charge in [-0.3, -0.25) is 0 Å². The molecule has 0 aromatic heterocycles. The minimum atomic E-state index is -0.122. The summed E-state index contributed by atoms with van der Waals surface area (Å²) in [5.41, 5.74) is 2.35. The van der Waals surface area contributed by atoms with E-state index in [0.717, 1.165) is 23.4 Å². The summed E-state index contributed by atoms with van der Waals surface area (Å²) in [6.45, 7) is 2.11. The van der Waals surface area contributed by atoms with Gasteiger partial charge in [0.05, 0.1) is 6.10 Å². The van der Waals surface area contributed by atoms with Crippen LogP contribution >= 0.6 is 11.6 Å². The molecule has 110 valence electrons. The van der Waals surface area contributed by atoms with Gasteiger partial charge in [0.25, 0.3) is 0 Å². The second-order valence-electron chi connectivity index (χ2n) is 6.13. The van der Waals surface area contributed by atoms with Crippen LogP contribution in [0.25, 0.3) is 0 Å². The van der Waals surface area contributed by atoms with Gasteiger partial charge in [0.2, 0.25) is 0 Å². The number of aliphatic hydroxyl groups is 1. The lowest BCUT2D eigenvalue weighted by molar-refractivity contribution is 0.126. The van der Waals surface area contributed by atoms with Crippen molar-refractivity contribution in [2.24, 2.45) is 0 Å². The number of halogens is 1. The van der Waals surface area contributed by atoms with Gasteiger partial charge in [-0.1, -0.05) is 17.7 Å². The van der Waals surface area contributed by atoms with Crippen molar-refractivity contribution in [2.75, 3.05) is 11.9 Å². The topological polar surface area (TPSA) is 35.5 Å². The molecule has 2 bridgehead atoms. The van der Waals surface area contributed by atoms with E-state index in [1.165, 1.54) is 18.5 Å². The Labute approximate surface area is 125 Å². The largest absolute Gasteiger partial charge is 0.393 e. The maximum Gasteiger partial charge on any atom is 0.0579 e. The molecule has 3 rings (SSSR count). The Morgan fingerprint density at radius 3 is 2.50 bits per heavy atom. The fourth-order valence-electron chi connectivity index (χ4n) is 3.75. The monoisotopic (exact) mass is 294 g/mol. The molecule has 3 nitrogen and oxygen atoms in total. The van der Waals surface area contributed by atoms with Gasteiger partial charge in [-0.2, -0.15) is 0 Å². The highest BCUT2D eigenvalue weighted by atomic mass is 35.5. The Hall–Kier alpha value is -0.770. The van der Waals surface area contributed by atoms with Crippen LogP contribution in [0.3, 0.4) is 0 Å². The molecule has 0 radical (unpaired) electrons. The molecule has 3 unspecified atom stereocenters. The van der Waals surface area contributed by atoms with Crippen molar-refractivity contribution >= 4 is 17.3 Å². The average Bonchev–Trinajstić information content (AvgIpc) is 2.70. The molecule has 2 N–H and O–H groups in total. The molecular weight excluding hydrogens is 272 g/mol. The summed E-state index contributed by atoms with van der Waals surface area (Å²) in [4.78, 5) is 2.48. The van der Waals surface area contributed by atoms with Gasteiger partial charge in [-0.25, -0.2) is 0 Å². The van der Waals surface area contributed by atoms with Crippen molar-refractivity contribution in [3.63, 3.8) is 0 Å². The highest BCUT2D eigenvalue weighted by Crippen LogP contribution is 2.40. The van der Waals surface area contributed by atoms with Crippen LogP contribution in [0.15, 0.2) is 18.2 Å². The smallest absolute Gasteiger partial charge is 0.0579 e. The number of benzene rings is 1. The molecule has 0 amide bonds. The number of anilines is 1. The Morgan fingerprint density at radius 2 is 1.95 bits per heavy atom. The van der Waals surface area contributed by atoms with Crippen LogP contribution in [0.4, 0.5) is 5.69 Å². The lowest BCUT2D eigenvalue weighted by Crippen LogP contribution is -2.44. The summed E-state index contributed by atoms with van der Waals surface area (Å²) in [6.07, 6.45) is 4.04. The van der Waals surface area contributed by atoms with Gasteiger partial charge in [-0.15, -0.1) is 0 Å². The minimum Gasteiger partial charge on any atom is -0.393 e. The Morgan fingerprint density at radius 1 is 1.30 bits per heavy atom. The molecule has 20 heavy (non-hydrogen) atoms. The van der Waals surface area contributed by atoms with Crippen LogP contribution in [0.5, 0.6) is 0 Å². The van der Waals surface area contributed by atoms with Crippen molar-refractivity contribution < 1.29 is 5.11 Å². The summed E-state index contributed by atoms with van der Waals surface area (Å²) in [7, 11) is 1.95. The lowest BCUT2D eigenvalue weighted by Gasteiger charge is -2.39. The first-order chi connectivity index (χ1) is 9.60. The standard InChI is InChI=1S/C16H23ClN2O/c1-10(18-2)15-6-5-13(9-16(15)17)19-11-3-4-12(19)8-14(20)7-11/h5-6,9-12,14,18,20H,3-4,7-8H2,1-2H3. The van der Waals surface area contributed by atoms with E-state index >= 15 is 0 Å². The summed E-state index contributed by atoms with van der Waals surface area (Å²) < 4.78 is 0. The molecule has 1 aromatic carbocycles. The quantitative estimate of drug-likeness (QED) is 0.899. The number of aliphatic hydroxyl groups excluding tert-OH is 1. The van der Waals surface area contributed by atoms with Crippen LogP contribution in [0, 0.1) is 0 Å². The molecule has 4 heteroatoms. The molecule has 3 atom stereocenters. The van der Waals surface area contributed by atoms with Crippen molar-refractivity contribution in [2.45, 2.75) is 56.8 Å². The highest BCUT2D eigenvalue weighted by Gasteiger charge is 2.40. The van der Waals surface area contributed by atoms with Crippen LogP contribution in [0.1, 0.15) is 44.2 Å². The number of hydrogen-bond donors (Lipinski definition) is 2. The first kappa shape index (κ1) is 14.2. The number of piperidine rings is 1. The fraction of sp³-hybridized carbons (Fsp3) is 0.625. The van der Waals surface area contributed by atoms with Gasteiger partial charge in [0.1, 0.15) is 0 Å². The second kappa shape index (κ2) is 5.55. The van der Waals surface area contributed by atoms with Gasteiger partial charge in [0.15, 0.2) is 0 Å². The third kappa shape index (κ3) is 2.43. The van der Waals surface area contributed by atoms with Crippen LogP contribution in [-0.2, 0) is 0 Å². The predicted octanol–water partition coefficient (Wildman–Crippen LogP) is 3.11. The Bertz CT molecular complexity index is 479. The third-order valence-corrected chi connectivity index (χ3v) is 5.22. The number of nitrogens with one attached hydrogen (secondary N) is 1. The van der Waals surface area contributed by atoms with Crippen molar-refractivity contribution in [3.05, 3.63) is 28.8 Å². The van der Waals surface area contributed by atoms with Gasteiger partial charge in [0, 0.05) is 28.8 Å². The van der Waals surface area contributed by atoms with E-state index in [4.69, 9.17) is 11.6 Å². The predicted molar refractivity (Wildman–Crippen MR) is 83.5 cm³/mol. The lowest BCUT2D eigenvalue weighted by atomic mass is 9.98. The number of nitrogens with zero attached hydrogens (tertiary/aromatic N) is 1. The average molecular weight is 295 g/mol. The Kier molecular flexibility index (Phi) is 3.93. The van der Waals surface area contributed by atoms with E-state index in [1.54, 1.807) is 0 Å².